The third-order valence-electron chi connectivity index (χ3n) is 7.60. The highest BCUT2D eigenvalue weighted by Crippen LogP contribution is 2.13. The summed E-state index contributed by atoms with van der Waals surface area (Å²) in [5, 5.41) is 25.4. The van der Waals surface area contributed by atoms with Crippen LogP contribution in [0, 0.1) is 0 Å². The van der Waals surface area contributed by atoms with E-state index in [1.807, 2.05) is 0 Å². The van der Waals surface area contributed by atoms with Gasteiger partial charge in [0.15, 0.2) is 0 Å². The molecule has 0 aromatic heterocycles. The van der Waals surface area contributed by atoms with Crippen molar-refractivity contribution in [3.63, 3.8) is 0 Å². The maximum atomic E-state index is 12.0. The van der Waals surface area contributed by atoms with Crippen molar-refractivity contribution in [2.75, 3.05) is 65.9 Å². The molecule has 0 rings (SSSR count). The Kier molecular flexibility index (Phi) is 33.4. The standard InChI is InChI=1S/C35H63N3O12/c39-21-15-16-30(35(45)46)38-33(42)29-50-27-25-48-23-20-37-32(41)28-49-26-24-47-22-19-36-31(40)17-13-11-9-7-5-3-1-2-4-6-8-10-12-14-18-34(43)44/h21,30H,1-20,22-29H2,(H,36,40)(H,37,41)(H,38,42)(H,43,44)(H,45,46)/t30-/m0/s1. The zero-order valence-corrected chi connectivity index (χ0v) is 29.9. The normalized spacial score (nSPS) is 11.5. The zero-order chi connectivity index (χ0) is 36.9. The van der Waals surface area contributed by atoms with Crippen LogP contribution in [-0.4, -0.2) is 118 Å². The van der Waals surface area contributed by atoms with E-state index in [0.29, 0.717) is 38.9 Å². The van der Waals surface area contributed by atoms with E-state index in [1.54, 1.807) is 0 Å². The van der Waals surface area contributed by atoms with E-state index in [2.05, 4.69) is 16.0 Å². The second kappa shape index (κ2) is 35.7. The number of rotatable bonds is 38. The van der Waals surface area contributed by atoms with Gasteiger partial charge in [-0.3, -0.25) is 19.2 Å². The van der Waals surface area contributed by atoms with Crippen molar-refractivity contribution < 1.29 is 57.9 Å². The molecule has 0 saturated carbocycles. The number of carboxylic acid groups (broad SMARTS) is 2. The van der Waals surface area contributed by atoms with Gasteiger partial charge in [0.2, 0.25) is 17.7 Å². The van der Waals surface area contributed by atoms with Crippen LogP contribution < -0.4 is 16.0 Å². The monoisotopic (exact) mass is 717 g/mol. The van der Waals surface area contributed by atoms with Crippen molar-refractivity contribution >= 4 is 35.9 Å². The van der Waals surface area contributed by atoms with E-state index in [0.717, 1.165) is 38.5 Å². The first-order valence-corrected chi connectivity index (χ1v) is 18.3. The van der Waals surface area contributed by atoms with E-state index >= 15 is 0 Å². The Morgan fingerprint density at radius 2 is 0.940 bits per heavy atom. The van der Waals surface area contributed by atoms with Crippen LogP contribution in [0.3, 0.4) is 0 Å². The van der Waals surface area contributed by atoms with Gasteiger partial charge >= 0.3 is 11.9 Å². The summed E-state index contributed by atoms with van der Waals surface area (Å²) in [7, 11) is 0. The lowest BCUT2D eigenvalue weighted by molar-refractivity contribution is -0.143. The molecule has 15 nitrogen and oxygen atoms in total. The van der Waals surface area contributed by atoms with Gasteiger partial charge in [-0.1, -0.05) is 77.0 Å². The summed E-state index contributed by atoms with van der Waals surface area (Å²) in [6.07, 6.45) is 17.5. The first-order valence-electron chi connectivity index (χ1n) is 18.3. The number of hydrogen-bond acceptors (Lipinski definition) is 10. The van der Waals surface area contributed by atoms with Crippen LogP contribution in [-0.2, 0) is 47.7 Å². The number of amides is 3. The molecule has 0 saturated heterocycles. The van der Waals surface area contributed by atoms with Crippen LogP contribution in [0.4, 0.5) is 0 Å². The van der Waals surface area contributed by atoms with E-state index in [4.69, 9.17) is 29.2 Å². The smallest absolute Gasteiger partial charge is 0.326 e. The molecule has 0 bridgehead atoms. The molecule has 0 radical (unpaired) electrons. The first-order chi connectivity index (χ1) is 24.3. The molecule has 0 heterocycles. The van der Waals surface area contributed by atoms with Gasteiger partial charge < -0.3 is 49.9 Å². The van der Waals surface area contributed by atoms with E-state index in [9.17, 15) is 28.8 Å². The van der Waals surface area contributed by atoms with Crippen LogP contribution in [0.25, 0.3) is 0 Å². The predicted octanol–water partition coefficient (Wildman–Crippen LogP) is 3.16. The second-order valence-electron chi connectivity index (χ2n) is 12.1. The summed E-state index contributed by atoms with van der Waals surface area (Å²) in [5.41, 5.74) is 0. The first kappa shape index (κ1) is 46.9. The summed E-state index contributed by atoms with van der Waals surface area (Å²) >= 11 is 0. The van der Waals surface area contributed by atoms with Crippen molar-refractivity contribution in [3.05, 3.63) is 0 Å². The summed E-state index contributed by atoms with van der Waals surface area (Å²) in [4.78, 5) is 67.4. The summed E-state index contributed by atoms with van der Waals surface area (Å²) in [6, 6.07) is -1.15. The lowest BCUT2D eigenvalue weighted by Gasteiger charge is -2.13. The topological polar surface area (TPSA) is 216 Å². The maximum absolute atomic E-state index is 12.0. The Morgan fingerprint density at radius 3 is 1.40 bits per heavy atom. The lowest BCUT2D eigenvalue weighted by Crippen LogP contribution is -2.42. The van der Waals surface area contributed by atoms with Crippen LogP contribution in [0.5, 0.6) is 0 Å². The maximum Gasteiger partial charge on any atom is 0.326 e. The van der Waals surface area contributed by atoms with E-state index in [1.165, 1.54) is 51.4 Å². The summed E-state index contributed by atoms with van der Waals surface area (Å²) in [5.74, 6) is -2.80. The van der Waals surface area contributed by atoms with Crippen molar-refractivity contribution in [2.24, 2.45) is 0 Å². The molecule has 0 aromatic rings. The Morgan fingerprint density at radius 1 is 0.520 bits per heavy atom. The van der Waals surface area contributed by atoms with Gasteiger partial charge in [-0.2, -0.15) is 0 Å². The SMILES string of the molecule is O=CCC[C@H](NC(=O)COCCOCCNC(=O)COCCOCCNC(=O)CCCCCCCCCCCCCCCCC(=O)O)C(=O)O. The number of nitrogens with one attached hydrogen (secondary N) is 3. The quantitative estimate of drug-likeness (QED) is 0.0460. The molecule has 50 heavy (non-hydrogen) atoms. The van der Waals surface area contributed by atoms with Gasteiger partial charge in [0.1, 0.15) is 25.5 Å². The molecule has 1 atom stereocenters. The van der Waals surface area contributed by atoms with Gasteiger partial charge in [-0.05, 0) is 19.3 Å². The lowest BCUT2D eigenvalue weighted by atomic mass is 10.0. The van der Waals surface area contributed by atoms with Crippen molar-refractivity contribution in [1.82, 2.24) is 16.0 Å². The molecule has 15 heteroatoms. The molecular weight excluding hydrogens is 654 g/mol. The molecule has 0 aromatic carbocycles. The van der Waals surface area contributed by atoms with E-state index in [-0.39, 0.29) is 70.8 Å². The fraction of sp³-hybridized carbons (Fsp3) is 0.829. The molecule has 5 N–H and O–H groups in total. The number of carbonyl (C=O) groups excluding carboxylic acids is 4. The molecule has 0 aliphatic carbocycles. The van der Waals surface area contributed by atoms with Crippen molar-refractivity contribution in [1.29, 1.82) is 0 Å². The highest BCUT2D eigenvalue weighted by Gasteiger charge is 2.19. The molecule has 0 fully saturated rings. The molecule has 290 valence electrons. The molecule has 0 unspecified atom stereocenters. The van der Waals surface area contributed by atoms with E-state index < -0.39 is 23.9 Å². The fourth-order valence-corrected chi connectivity index (χ4v) is 4.85. The number of hydrogen-bond donors (Lipinski definition) is 5. The summed E-state index contributed by atoms with van der Waals surface area (Å²) < 4.78 is 21.1. The zero-order valence-electron chi connectivity index (χ0n) is 29.9. The number of aldehydes is 1. The number of ether oxygens (including phenoxy) is 4. The number of unbranched alkanes of at least 4 members (excludes halogenated alkanes) is 13. The highest BCUT2D eigenvalue weighted by atomic mass is 16.5. The van der Waals surface area contributed by atoms with Gasteiger partial charge in [0, 0.05) is 32.4 Å². The number of aliphatic carboxylic acids is 2. The second-order valence-corrected chi connectivity index (χ2v) is 12.1. The van der Waals surface area contributed by atoms with Crippen LogP contribution in [0.1, 0.15) is 116 Å². The minimum absolute atomic E-state index is 0.00665. The highest BCUT2D eigenvalue weighted by molar-refractivity contribution is 5.84. The Balaban J connectivity index is 3.39. The molecule has 3 amide bonds. The van der Waals surface area contributed by atoms with Gasteiger partial charge in [-0.25, -0.2) is 4.79 Å². The van der Waals surface area contributed by atoms with Crippen LogP contribution in [0.15, 0.2) is 0 Å². The molecule has 0 aliphatic heterocycles. The van der Waals surface area contributed by atoms with Gasteiger partial charge in [-0.15, -0.1) is 0 Å². The Labute approximate surface area is 297 Å². The van der Waals surface area contributed by atoms with Crippen molar-refractivity contribution in [3.8, 4) is 0 Å². The minimum atomic E-state index is -1.22. The Hall–Kier alpha value is -3.14. The Bertz CT molecular complexity index is 906. The minimum Gasteiger partial charge on any atom is -0.481 e. The van der Waals surface area contributed by atoms with Crippen LogP contribution >= 0.6 is 0 Å². The number of carboxylic acids is 2. The van der Waals surface area contributed by atoms with Gasteiger partial charge in [0.05, 0.1) is 39.6 Å². The summed E-state index contributed by atoms with van der Waals surface area (Å²) in [6.45, 7) is 1.64. The van der Waals surface area contributed by atoms with Crippen molar-refractivity contribution in [2.45, 2.75) is 122 Å². The molecular formula is C35H63N3O12. The van der Waals surface area contributed by atoms with Crippen LogP contribution in [0.2, 0.25) is 0 Å². The average Bonchev–Trinajstić information content (AvgIpc) is 3.08. The predicted molar refractivity (Wildman–Crippen MR) is 186 cm³/mol. The molecule has 0 spiro atoms. The fourth-order valence-electron chi connectivity index (χ4n) is 4.85. The third kappa shape index (κ3) is 34.7. The van der Waals surface area contributed by atoms with Gasteiger partial charge in [0.25, 0.3) is 0 Å². The molecule has 0 aliphatic rings. The largest absolute Gasteiger partial charge is 0.481 e. The average molecular weight is 718 g/mol. The number of carbonyl (C=O) groups is 6. The third-order valence-corrected chi connectivity index (χ3v) is 7.60.